The Hall–Kier alpha value is -2.24. The molecule has 0 saturated heterocycles. The van der Waals surface area contributed by atoms with Crippen molar-refractivity contribution in [2.75, 3.05) is 14.2 Å². The molecule has 20 heavy (non-hydrogen) atoms. The highest BCUT2D eigenvalue weighted by Crippen LogP contribution is 2.31. The second-order valence-corrected chi connectivity index (χ2v) is 4.85. The van der Waals surface area contributed by atoms with E-state index < -0.39 is 5.72 Å². The van der Waals surface area contributed by atoms with E-state index in [1.165, 1.54) is 11.9 Å². The number of carbonyl (C=O) groups is 1. The van der Waals surface area contributed by atoms with Crippen LogP contribution >= 0.6 is 0 Å². The third-order valence-corrected chi connectivity index (χ3v) is 2.98. The molecule has 0 unspecified atom stereocenters. The number of carbonyl (C=O) groups excluding carboxylic acids is 1. The van der Waals surface area contributed by atoms with Gasteiger partial charge in [-0.2, -0.15) is 5.01 Å². The largest absolute Gasteiger partial charge is 0.493 e. The van der Waals surface area contributed by atoms with Crippen molar-refractivity contribution in [3.8, 4) is 11.5 Å². The summed E-state index contributed by atoms with van der Waals surface area (Å²) in [5.74, 6) is 1.41. The first kappa shape index (κ1) is 14.2. The molecule has 1 aromatic carbocycles. The van der Waals surface area contributed by atoms with E-state index in [4.69, 9.17) is 14.2 Å². The maximum Gasteiger partial charge on any atom is 0.243 e. The van der Waals surface area contributed by atoms with Gasteiger partial charge in [-0.25, -0.2) is 0 Å². The van der Waals surface area contributed by atoms with Crippen molar-refractivity contribution in [1.29, 1.82) is 0 Å². The Morgan fingerprint density at radius 1 is 1.25 bits per heavy atom. The van der Waals surface area contributed by atoms with Gasteiger partial charge in [0.25, 0.3) is 0 Å². The highest BCUT2D eigenvalue weighted by atomic mass is 16.6. The Morgan fingerprint density at radius 3 is 2.40 bits per heavy atom. The van der Waals surface area contributed by atoms with Gasteiger partial charge in [-0.15, -0.1) is 5.10 Å². The van der Waals surface area contributed by atoms with E-state index >= 15 is 0 Å². The third kappa shape index (κ3) is 2.41. The summed E-state index contributed by atoms with van der Waals surface area (Å²) >= 11 is 0. The molecular formula is C14H18N2O4. The summed E-state index contributed by atoms with van der Waals surface area (Å²) in [7, 11) is 3.13. The average Bonchev–Trinajstić information content (AvgIpc) is 2.73. The molecule has 1 amide bonds. The zero-order chi connectivity index (χ0) is 14.9. The van der Waals surface area contributed by atoms with Gasteiger partial charge in [0.05, 0.1) is 14.2 Å². The van der Waals surface area contributed by atoms with Crippen molar-refractivity contribution >= 4 is 11.8 Å². The molecule has 0 fully saturated rings. The van der Waals surface area contributed by atoms with Gasteiger partial charge in [-0.1, -0.05) is 0 Å². The number of hydrogen-bond acceptors (Lipinski definition) is 5. The van der Waals surface area contributed by atoms with Crippen LogP contribution in [0.15, 0.2) is 23.3 Å². The summed E-state index contributed by atoms with van der Waals surface area (Å²) in [5, 5.41) is 5.54. The molecule has 1 aromatic rings. The van der Waals surface area contributed by atoms with E-state index in [1.54, 1.807) is 46.3 Å². The Balaban J connectivity index is 2.38. The van der Waals surface area contributed by atoms with E-state index in [1.807, 2.05) is 0 Å². The fourth-order valence-corrected chi connectivity index (χ4v) is 2.05. The predicted octanol–water partition coefficient (Wildman–Crippen LogP) is 1.98. The van der Waals surface area contributed by atoms with Gasteiger partial charge < -0.3 is 14.2 Å². The zero-order valence-corrected chi connectivity index (χ0v) is 12.3. The number of benzene rings is 1. The quantitative estimate of drug-likeness (QED) is 0.848. The van der Waals surface area contributed by atoms with Crippen LogP contribution in [0.5, 0.6) is 11.5 Å². The molecule has 0 atom stereocenters. The molecule has 0 radical (unpaired) electrons. The van der Waals surface area contributed by atoms with Gasteiger partial charge >= 0.3 is 0 Å². The van der Waals surface area contributed by atoms with Crippen molar-refractivity contribution in [2.45, 2.75) is 26.5 Å². The maximum atomic E-state index is 11.6. The molecule has 0 N–H and O–H groups in total. The van der Waals surface area contributed by atoms with Gasteiger partial charge in [0, 0.05) is 12.5 Å². The van der Waals surface area contributed by atoms with Crippen LogP contribution in [0.25, 0.3) is 0 Å². The van der Waals surface area contributed by atoms with Crippen LogP contribution in [-0.4, -0.2) is 36.8 Å². The molecule has 1 aliphatic heterocycles. The SMILES string of the molecule is COc1ccc(C2=NN(C(C)=O)C(C)(C)O2)cc1OC. The molecule has 6 heteroatoms. The Bertz CT molecular complexity index is 566. The summed E-state index contributed by atoms with van der Waals surface area (Å²) in [6.45, 7) is 5.02. The first-order valence-corrected chi connectivity index (χ1v) is 6.20. The van der Waals surface area contributed by atoms with Crippen molar-refractivity contribution in [3.63, 3.8) is 0 Å². The normalized spacial score (nSPS) is 16.4. The van der Waals surface area contributed by atoms with Crippen LogP contribution in [0.4, 0.5) is 0 Å². The molecule has 1 heterocycles. The Labute approximate surface area is 117 Å². The summed E-state index contributed by atoms with van der Waals surface area (Å²) in [6, 6.07) is 5.33. The topological polar surface area (TPSA) is 60.4 Å². The number of hydrazone groups is 1. The van der Waals surface area contributed by atoms with Crippen molar-refractivity contribution in [2.24, 2.45) is 5.10 Å². The van der Waals surface area contributed by atoms with Gasteiger partial charge in [0.15, 0.2) is 11.5 Å². The minimum atomic E-state index is -0.797. The molecule has 6 nitrogen and oxygen atoms in total. The highest BCUT2D eigenvalue weighted by molar-refractivity contribution is 5.97. The standard InChI is InChI=1S/C14H18N2O4/c1-9(17)16-14(2,3)20-13(15-16)10-6-7-11(18-4)12(8-10)19-5/h6-8H,1-5H3. The number of methoxy groups -OCH3 is 2. The van der Waals surface area contributed by atoms with Gasteiger partial charge in [-0.05, 0) is 32.0 Å². The monoisotopic (exact) mass is 278 g/mol. The molecule has 108 valence electrons. The van der Waals surface area contributed by atoms with Gasteiger partial charge in [0.1, 0.15) is 0 Å². The maximum absolute atomic E-state index is 11.6. The minimum Gasteiger partial charge on any atom is -0.493 e. The van der Waals surface area contributed by atoms with E-state index in [0.717, 1.165) is 5.56 Å². The van der Waals surface area contributed by atoms with Gasteiger partial charge in [-0.3, -0.25) is 4.79 Å². The smallest absolute Gasteiger partial charge is 0.243 e. The van der Waals surface area contributed by atoms with Crippen LogP contribution in [0.1, 0.15) is 26.3 Å². The first-order chi connectivity index (χ1) is 9.39. The average molecular weight is 278 g/mol. The van der Waals surface area contributed by atoms with E-state index in [0.29, 0.717) is 17.4 Å². The van der Waals surface area contributed by atoms with Crippen LogP contribution in [0.3, 0.4) is 0 Å². The first-order valence-electron chi connectivity index (χ1n) is 6.20. The minimum absolute atomic E-state index is 0.175. The van der Waals surface area contributed by atoms with Crippen LogP contribution in [0.2, 0.25) is 0 Å². The fourth-order valence-electron chi connectivity index (χ4n) is 2.05. The van der Waals surface area contributed by atoms with Crippen LogP contribution in [0, 0.1) is 0 Å². The van der Waals surface area contributed by atoms with Crippen molar-refractivity contribution in [1.82, 2.24) is 5.01 Å². The van der Waals surface area contributed by atoms with Gasteiger partial charge in [0.2, 0.25) is 17.5 Å². The van der Waals surface area contributed by atoms with E-state index in [9.17, 15) is 4.79 Å². The second kappa shape index (κ2) is 5.03. The Kier molecular flexibility index (Phi) is 3.57. The molecule has 1 aliphatic rings. The zero-order valence-electron chi connectivity index (χ0n) is 12.3. The molecule has 2 rings (SSSR count). The summed E-state index contributed by atoms with van der Waals surface area (Å²) in [6.07, 6.45) is 0. The number of hydrogen-bond donors (Lipinski definition) is 0. The number of ether oxygens (including phenoxy) is 3. The second-order valence-electron chi connectivity index (χ2n) is 4.85. The van der Waals surface area contributed by atoms with Crippen LogP contribution in [-0.2, 0) is 9.53 Å². The molecule has 0 spiro atoms. The number of rotatable bonds is 3. The number of amides is 1. The lowest BCUT2D eigenvalue weighted by atomic mass is 10.2. The lowest BCUT2D eigenvalue weighted by Crippen LogP contribution is -2.41. The molecule has 0 saturated carbocycles. The highest BCUT2D eigenvalue weighted by Gasteiger charge is 2.39. The van der Waals surface area contributed by atoms with Crippen LogP contribution < -0.4 is 9.47 Å². The molecule has 0 aliphatic carbocycles. The fraction of sp³-hybridized carbons (Fsp3) is 0.429. The van der Waals surface area contributed by atoms with Crippen molar-refractivity contribution < 1.29 is 19.0 Å². The number of nitrogens with zero attached hydrogens (tertiary/aromatic N) is 2. The lowest BCUT2D eigenvalue weighted by molar-refractivity contribution is -0.142. The predicted molar refractivity (Wildman–Crippen MR) is 73.8 cm³/mol. The summed E-state index contributed by atoms with van der Waals surface area (Å²) in [4.78, 5) is 11.6. The molecule has 0 bridgehead atoms. The van der Waals surface area contributed by atoms with E-state index in [2.05, 4.69) is 5.10 Å². The summed E-state index contributed by atoms with van der Waals surface area (Å²) < 4.78 is 16.2. The Morgan fingerprint density at radius 2 is 1.90 bits per heavy atom. The van der Waals surface area contributed by atoms with E-state index in [-0.39, 0.29) is 5.91 Å². The van der Waals surface area contributed by atoms with Crippen molar-refractivity contribution in [3.05, 3.63) is 23.8 Å². The lowest BCUT2D eigenvalue weighted by Gasteiger charge is -2.25. The summed E-state index contributed by atoms with van der Waals surface area (Å²) in [5.41, 5.74) is -0.0756. The molecule has 0 aromatic heterocycles. The third-order valence-electron chi connectivity index (χ3n) is 2.98. The molecular weight excluding hydrogens is 260 g/mol.